The first-order valence-corrected chi connectivity index (χ1v) is 11.9. The Morgan fingerprint density at radius 3 is 1.91 bits per heavy atom. The predicted molar refractivity (Wildman–Crippen MR) is 131 cm³/mol. The van der Waals surface area contributed by atoms with Gasteiger partial charge in [-0.25, -0.2) is 0 Å². The fourth-order valence-electron chi connectivity index (χ4n) is 4.43. The van der Waals surface area contributed by atoms with Gasteiger partial charge in [0, 0.05) is 19.6 Å². The van der Waals surface area contributed by atoms with Crippen molar-refractivity contribution in [3.05, 3.63) is 108 Å². The molecule has 1 heterocycles. The summed E-state index contributed by atoms with van der Waals surface area (Å²) in [6.07, 6.45) is 1.40. The predicted octanol–water partition coefficient (Wildman–Crippen LogP) is 4.32. The van der Waals surface area contributed by atoms with Crippen LogP contribution in [-0.2, 0) is 16.1 Å². The number of benzene rings is 3. The molecule has 5 heteroatoms. The zero-order valence-corrected chi connectivity index (χ0v) is 19.3. The quantitative estimate of drug-likeness (QED) is 0.509. The normalized spacial score (nSPS) is 16.4. The molecule has 0 spiro atoms. The van der Waals surface area contributed by atoms with Gasteiger partial charge in [0.05, 0.1) is 5.92 Å². The van der Waals surface area contributed by atoms with E-state index in [1.54, 1.807) is 0 Å². The van der Waals surface area contributed by atoms with Crippen molar-refractivity contribution in [1.82, 2.24) is 9.80 Å². The molecular formula is C27H29N2O2P. The average Bonchev–Trinajstić information content (AvgIpc) is 2.84. The Labute approximate surface area is 192 Å². The van der Waals surface area contributed by atoms with Crippen LogP contribution in [0.25, 0.3) is 0 Å². The van der Waals surface area contributed by atoms with E-state index >= 15 is 0 Å². The molecule has 4 rings (SSSR count). The lowest BCUT2D eigenvalue weighted by molar-refractivity contribution is -0.152. The van der Waals surface area contributed by atoms with Crippen LogP contribution in [0.2, 0.25) is 0 Å². The van der Waals surface area contributed by atoms with Gasteiger partial charge in [0.2, 0.25) is 11.8 Å². The van der Waals surface area contributed by atoms with Crippen LogP contribution in [0.1, 0.15) is 29.0 Å². The molecule has 0 N–H and O–H groups in total. The minimum absolute atomic E-state index is 0.00133. The summed E-state index contributed by atoms with van der Waals surface area (Å²) >= 11 is 0. The summed E-state index contributed by atoms with van der Waals surface area (Å²) in [6.45, 7) is 1.67. The largest absolute Gasteiger partial charge is 0.335 e. The minimum Gasteiger partial charge on any atom is -0.335 e. The summed E-state index contributed by atoms with van der Waals surface area (Å²) in [7, 11) is 2.70. The van der Waals surface area contributed by atoms with Crippen molar-refractivity contribution in [2.75, 3.05) is 19.3 Å². The average molecular weight is 445 g/mol. The molecule has 3 aromatic carbocycles. The van der Waals surface area contributed by atoms with Crippen LogP contribution < -0.4 is 0 Å². The third-order valence-corrected chi connectivity index (χ3v) is 6.37. The third kappa shape index (κ3) is 4.92. The van der Waals surface area contributed by atoms with E-state index in [1.807, 2.05) is 101 Å². The first kappa shape index (κ1) is 22.2. The van der Waals surface area contributed by atoms with Gasteiger partial charge in [-0.3, -0.25) is 9.59 Å². The molecule has 0 aliphatic carbocycles. The number of carbonyl (C=O) groups is 2. The zero-order chi connectivity index (χ0) is 22.3. The summed E-state index contributed by atoms with van der Waals surface area (Å²) in [6, 6.07) is 29.3. The highest BCUT2D eigenvalue weighted by Crippen LogP contribution is 2.30. The molecule has 32 heavy (non-hydrogen) atoms. The van der Waals surface area contributed by atoms with Crippen LogP contribution >= 0.6 is 9.24 Å². The number of amides is 2. The molecule has 0 saturated carbocycles. The first-order valence-electron chi connectivity index (χ1n) is 11.1. The number of rotatable bonds is 7. The van der Waals surface area contributed by atoms with Crippen LogP contribution in [-0.4, -0.2) is 46.9 Å². The van der Waals surface area contributed by atoms with Gasteiger partial charge in [-0.2, -0.15) is 0 Å². The molecule has 164 valence electrons. The Kier molecular flexibility index (Phi) is 7.34. The molecular weight excluding hydrogens is 415 g/mol. The second-order valence-electron chi connectivity index (χ2n) is 8.12. The highest BCUT2D eigenvalue weighted by atomic mass is 31.0. The lowest BCUT2D eigenvalue weighted by atomic mass is 9.89. The van der Waals surface area contributed by atoms with Crippen molar-refractivity contribution in [2.24, 2.45) is 0 Å². The van der Waals surface area contributed by atoms with E-state index in [2.05, 4.69) is 9.24 Å². The first-order chi connectivity index (χ1) is 15.7. The summed E-state index contributed by atoms with van der Waals surface area (Å²) in [5, 5.41) is 0. The molecule has 1 saturated heterocycles. The van der Waals surface area contributed by atoms with Crippen molar-refractivity contribution in [1.29, 1.82) is 0 Å². The molecule has 0 radical (unpaired) electrons. The maximum atomic E-state index is 13.9. The Morgan fingerprint density at radius 2 is 1.38 bits per heavy atom. The fraction of sp³-hybridized carbons (Fsp3) is 0.259. The van der Waals surface area contributed by atoms with Gasteiger partial charge >= 0.3 is 0 Å². The lowest BCUT2D eigenvalue weighted by Gasteiger charge is -2.42. The van der Waals surface area contributed by atoms with Gasteiger partial charge in [0.1, 0.15) is 6.04 Å². The molecule has 1 fully saturated rings. The molecule has 1 aliphatic heterocycles. The van der Waals surface area contributed by atoms with Crippen molar-refractivity contribution in [2.45, 2.75) is 24.9 Å². The number of carbonyl (C=O) groups excluding carboxylic acids is 2. The third-order valence-electron chi connectivity index (χ3n) is 6.04. The second kappa shape index (κ2) is 10.6. The van der Waals surface area contributed by atoms with Crippen molar-refractivity contribution < 1.29 is 9.59 Å². The van der Waals surface area contributed by atoms with Gasteiger partial charge in [-0.05, 0) is 29.3 Å². The minimum atomic E-state index is -0.438. The van der Waals surface area contributed by atoms with Crippen LogP contribution in [0.3, 0.4) is 0 Å². The highest BCUT2D eigenvalue weighted by Gasteiger charge is 2.39. The van der Waals surface area contributed by atoms with Crippen molar-refractivity contribution in [3.63, 3.8) is 0 Å². The molecule has 4 nitrogen and oxygen atoms in total. The van der Waals surface area contributed by atoms with E-state index in [1.165, 1.54) is 0 Å². The smallest absolute Gasteiger partial charge is 0.245 e. The standard InChI is InChI=1S/C27H29N2O2P/c30-26-24(16-19-32)29(18-17-28(26)20-21-10-4-1-5-11-21)27(31)25(22-12-6-2-7-13-22)23-14-8-3-9-15-23/h1-15,24-25H,16-20,32H2. The van der Waals surface area contributed by atoms with Gasteiger partial charge < -0.3 is 9.80 Å². The summed E-state index contributed by atoms with van der Waals surface area (Å²) in [5.74, 6) is -0.382. The molecule has 2 unspecified atom stereocenters. The monoisotopic (exact) mass is 444 g/mol. The van der Waals surface area contributed by atoms with Gasteiger partial charge in [0.25, 0.3) is 0 Å². The van der Waals surface area contributed by atoms with Crippen LogP contribution in [0.4, 0.5) is 0 Å². The highest BCUT2D eigenvalue weighted by molar-refractivity contribution is 7.16. The van der Waals surface area contributed by atoms with E-state index in [4.69, 9.17) is 0 Å². The van der Waals surface area contributed by atoms with E-state index in [0.29, 0.717) is 26.1 Å². The fourth-order valence-corrected chi connectivity index (χ4v) is 4.75. The van der Waals surface area contributed by atoms with E-state index in [-0.39, 0.29) is 11.8 Å². The maximum absolute atomic E-state index is 13.9. The van der Waals surface area contributed by atoms with Gasteiger partial charge in [0.15, 0.2) is 0 Å². The Hall–Kier alpha value is -2.97. The number of piperazine rings is 1. The summed E-state index contributed by atoms with van der Waals surface area (Å²) in [5.41, 5.74) is 3.01. The Balaban J connectivity index is 1.61. The molecule has 2 atom stereocenters. The topological polar surface area (TPSA) is 40.6 Å². The van der Waals surface area contributed by atoms with Crippen LogP contribution in [0.5, 0.6) is 0 Å². The molecule has 3 aromatic rings. The summed E-state index contributed by atoms with van der Waals surface area (Å²) in [4.78, 5) is 31.1. The van der Waals surface area contributed by atoms with Gasteiger partial charge in [-0.1, -0.05) is 91.0 Å². The van der Waals surface area contributed by atoms with E-state index in [9.17, 15) is 9.59 Å². The number of hydrogen-bond donors (Lipinski definition) is 0. The molecule has 1 aliphatic rings. The van der Waals surface area contributed by atoms with Crippen molar-refractivity contribution >= 4 is 21.1 Å². The lowest BCUT2D eigenvalue weighted by Crippen LogP contribution is -2.59. The van der Waals surface area contributed by atoms with Crippen LogP contribution in [0.15, 0.2) is 91.0 Å². The Bertz CT molecular complexity index is 988. The molecule has 0 aromatic heterocycles. The number of hydrogen-bond acceptors (Lipinski definition) is 2. The SMILES string of the molecule is O=C1C(CCP)N(C(=O)C(c2ccccc2)c2ccccc2)CCN1Cc1ccccc1. The summed E-state index contributed by atoms with van der Waals surface area (Å²) < 4.78 is 0. The number of nitrogens with zero attached hydrogens (tertiary/aromatic N) is 2. The zero-order valence-electron chi connectivity index (χ0n) is 18.1. The second-order valence-corrected chi connectivity index (χ2v) is 8.70. The Morgan fingerprint density at radius 1 is 0.844 bits per heavy atom. The van der Waals surface area contributed by atoms with E-state index in [0.717, 1.165) is 22.9 Å². The molecule has 2 amide bonds. The maximum Gasteiger partial charge on any atom is 0.245 e. The van der Waals surface area contributed by atoms with E-state index < -0.39 is 12.0 Å². The molecule has 0 bridgehead atoms. The van der Waals surface area contributed by atoms with Gasteiger partial charge in [-0.15, -0.1) is 9.24 Å². The van der Waals surface area contributed by atoms with Crippen LogP contribution in [0, 0.1) is 0 Å². The van der Waals surface area contributed by atoms with Crippen molar-refractivity contribution in [3.8, 4) is 0 Å².